The average Bonchev–Trinajstić information content (AvgIpc) is 3.94. The van der Waals surface area contributed by atoms with E-state index in [9.17, 15) is 25.1 Å². The van der Waals surface area contributed by atoms with E-state index in [-0.39, 0.29) is 12.0 Å². The maximum atomic E-state index is 15.5. The molecule has 63 heavy (non-hydrogen) atoms. The number of piperidine rings is 1. The monoisotopic (exact) mass is 863 g/mol. The van der Waals surface area contributed by atoms with Gasteiger partial charge in [0.05, 0.1) is 38.0 Å². The van der Waals surface area contributed by atoms with Crippen LogP contribution in [-0.2, 0) is 45.2 Å². The van der Waals surface area contributed by atoms with Crippen molar-refractivity contribution in [2.24, 2.45) is 22.7 Å². The first-order chi connectivity index (χ1) is 30.2. The number of H-pyrrole nitrogens is 1. The average molecular weight is 864 g/mol. The lowest BCUT2D eigenvalue weighted by atomic mass is 9.47. The van der Waals surface area contributed by atoms with E-state index < -0.39 is 69.5 Å². The highest BCUT2D eigenvalue weighted by Crippen LogP contribution is 2.70. The lowest BCUT2D eigenvalue weighted by Crippen LogP contribution is -2.79. The van der Waals surface area contributed by atoms with Gasteiger partial charge in [0.25, 0.3) is 0 Å². The van der Waals surface area contributed by atoms with E-state index in [0.717, 1.165) is 39.0 Å². The Kier molecular flexibility index (Phi) is 10.7. The van der Waals surface area contributed by atoms with E-state index in [1.54, 1.807) is 13.2 Å². The molecular weight excluding hydrogens is 803 g/mol. The van der Waals surface area contributed by atoms with Crippen LogP contribution in [0.1, 0.15) is 69.7 Å². The number of benzene rings is 1. The zero-order chi connectivity index (χ0) is 44.9. The van der Waals surface area contributed by atoms with E-state index in [4.69, 9.17) is 18.9 Å². The number of methoxy groups -OCH3 is 3. The summed E-state index contributed by atoms with van der Waals surface area (Å²) in [5.41, 5.74) is -1.49. The first-order valence-corrected chi connectivity index (χ1v) is 22.5. The molecule has 1 aromatic heterocycles. The van der Waals surface area contributed by atoms with Crippen LogP contribution in [0.15, 0.2) is 59.8 Å². The van der Waals surface area contributed by atoms with Crippen molar-refractivity contribution in [2.45, 2.75) is 100 Å². The number of fused-ring (bicyclic) bond motifs is 6. The summed E-state index contributed by atoms with van der Waals surface area (Å²) in [5, 5.41) is 35.8. The highest BCUT2D eigenvalue weighted by atomic mass is 16.6. The van der Waals surface area contributed by atoms with Gasteiger partial charge in [-0.1, -0.05) is 38.1 Å². The standard InChI is InChI=1S/C49H61N5O9/c1-8-45(58)25-31-26-48(43(56)61-6,39-32(15-20-53(27-31)28-45)33-22-30(12-10-18-50)13-14-36(33)51-39)35-23-34-37(24-38(35)60-5)52(4)41-47(34)17-21-54-19-11-16-46(9-2,40(47)54)42(63-29(3)55)49(41,59)44(57)62-7/h10-14,16,22-24,31,35,38,40-42,51,58-59H,8-9,15,17,19-21,25-28H2,1-7H3/b12-10+/t31-,35?,38?,40+,41-,42-,45+,46-,47-,48+,49+/m1/s1. The minimum absolute atomic E-state index is 0.116. The summed E-state index contributed by atoms with van der Waals surface area (Å²) in [5.74, 6) is -2.71. The zero-order valence-electron chi connectivity index (χ0n) is 37.5. The Morgan fingerprint density at radius 3 is 2.49 bits per heavy atom. The minimum atomic E-state index is -2.31. The molecule has 2 aromatic rings. The van der Waals surface area contributed by atoms with Crippen LogP contribution >= 0.6 is 0 Å². The Labute approximate surface area is 369 Å². The number of nitriles is 1. The quantitative estimate of drug-likeness (QED) is 0.149. The number of esters is 3. The van der Waals surface area contributed by atoms with E-state index in [1.807, 2.05) is 50.1 Å². The number of carbonyl (C=O) groups excluding carboxylic acids is 3. The maximum absolute atomic E-state index is 15.5. The Morgan fingerprint density at radius 1 is 1.03 bits per heavy atom. The number of nitrogens with one attached hydrogen (secondary N) is 1. The maximum Gasteiger partial charge on any atom is 0.344 e. The molecule has 7 aliphatic rings. The van der Waals surface area contributed by atoms with Crippen LogP contribution in [0.2, 0.25) is 0 Å². The fourth-order valence-corrected chi connectivity index (χ4v) is 14.3. The van der Waals surface area contributed by atoms with Gasteiger partial charge in [0.1, 0.15) is 5.41 Å². The highest BCUT2D eigenvalue weighted by Gasteiger charge is 2.81. The Balaban J connectivity index is 1.34. The van der Waals surface area contributed by atoms with Gasteiger partial charge >= 0.3 is 17.9 Å². The highest BCUT2D eigenvalue weighted by molar-refractivity contribution is 5.92. The van der Waals surface area contributed by atoms with Crippen molar-refractivity contribution in [1.82, 2.24) is 19.7 Å². The van der Waals surface area contributed by atoms with Crippen LogP contribution < -0.4 is 0 Å². The van der Waals surface area contributed by atoms with E-state index >= 15 is 4.79 Å². The van der Waals surface area contributed by atoms with Crippen molar-refractivity contribution >= 4 is 34.9 Å². The van der Waals surface area contributed by atoms with Crippen LogP contribution in [-0.4, -0.2) is 144 Å². The van der Waals surface area contributed by atoms with Crippen molar-refractivity contribution < 1.29 is 43.5 Å². The SMILES string of the molecule is CC[C@]1(O)C[C@H]2CN(CCc3c([nH]c4ccc(/C=C/C#N)cc34)[C@@](C(=O)OC)(C3C=C4C(=CC3OC)N(C)[C@H]3[C@@](O)(C(=O)OC)[C@H](OC(C)=O)[C@]5(CC)C=CCN6CC[C@]43[C@@H]65)C2)C1. The fourth-order valence-electron chi connectivity index (χ4n) is 14.3. The van der Waals surface area contributed by atoms with Crippen LogP contribution in [0.25, 0.3) is 17.0 Å². The third kappa shape index (κ3) is 5.95. The van der Waals surface area contributed by atoms with Crippen molar-refractivity contribution in [1.29, 1.82) is 5.26 Å². The Bertz CT molecular complexity index is 2400. The molecule has 5 aliphatic heterocycles. The molecule has 2 bridgehead atoms. The van der Waals surface area contributed by atoms with Gasteiger partial charge in [0.15, 0.2) is 6.10 Å². The van der Waals surface area contributed by atoms with Crippen molar-refractivity contribution in [3.05, 3.63) is 76.7 Å². The molecule has 4 fully saturated rings. The van der Waals surface area contributed by atoms with Crippen LogP contribution in [0.3, 0.4) is 0 Å². The molecule has 2 aliphatic carbocycles. The number of aliphatic hydroxyl groups is 2. The molecule has 9 rings (SSSR count). The van der Waals surface area contributed by atoms with Gasteiger partial charge in [-0.3, -0.25) is 19.4 Å². The largest absolute Gasteiger partial charge is 0.468 e. The van der Waals surface area contributed by atoms with Crippen molar-refractivity contribution in [3.63, 3.8) is 0 Å². The lowest BCUT2D eigenvalue weighted by Gasteiger charge is -2.63. The number of likely N-dealkylation sites (tertiary alicyclic amines) is 1. The summed E-state index contributed by atoms with van der Waals surface area (Å²) in [4.78, 5) is 53.5. The molecule has 12 atom stereocenters. The molecule has 3 saturated heterocycles. The predicted octanol–water partition coefficient (Wildman–Crippen LogP) is 4.17. The number of carbonyl (C=O) groups is 3. The van der Waals surface area contributed by atoms with Crippen molar-refractivity contribution in [3.8, 4) is 6.07 Å². The number of rotatable bonds is 8. The number of hydrogen-bond acceptors (Lipinski definition) is 13. The number of aromatic nitrogens is 1. The summed E-state index contributed by atoms with van der Waals surface area (Å²) in [6, 6.07) is 6.86. The van der Waals surface area contributed by atoms with Crippen LogP contribution in [0.5, 0.6) is 0 Å². The van der Waals surface area contributed by atoms with Gasteiger partial charge in [-0.05, 0) is 92.0 Å². The van der Waals surface area contributed by atoms with Gasteiger partial charge in [-0.25, -0.2) is 4.79 Å². The van der Waals surface area contributed by atoms with Crippen LogP contribution in [0, 0.1) is 34.0 Å². The van der Waals surface area contributed by atoms with Gasteiger partial charge < -0.3 is 39.0 Å². The van der Waals surface area contributed by atoms with E-state index in [1.165, 1.54) is 27.2 Å². The van der Waals surface area contributed by atoms with Gasteiger partial charge in [0.2, 0.25) is 5.60 Å². The third-order valence-electron chi connectivity index (χ3n) is 16.5. The molecule has 1 saturated carbocycles. The normalized spacial score (nSPS) is 39.1. The molecule has 3 unspecified atom stereocenters. The second-order valence-corrected chi connectivity index (χ2v) is 19.3. The second kappa shape index (κ2) is 15.4. The first kappa shape index (κ1) is 43.5. The topological polar surface area (TPSA) is 178 Å². The molecule has 1 spiro atoms. The summed E-state index contributed by atoms with van der Waals surface area (Å²) in [6.07, 6.45) is 12.6. The van der Waals surface area contributed by atoms with Gasteiger partial charge in [0, 0.05) is 98.4 Å². The molecule has 3 N–H and O–H groups in total. The lowest BCUT2D eigenvalue weighted by molar-refractivity contribution is -0.243. The number of nitrogens with zero attached hydrogens (tertiary/aromatic N) is 4. The molecule has 14 nitrogen and oxygen atoms in total. The summed E-state index contributed by atoms with van der Waals surface area (Å²) >= 11 is 0. The van der Waals surface area contributed by atoms with Gasteiger partial charge in [-0.2, -0.15) is 5.26 Å². The number of likely N-dealkylation sites (N-methyl/N-ethyl adjacent to an activating group) is 1. The molecule has 6 heterocycles. The molecule has 14 heteroatoms. The molecule has 0 radical (unpaired) electrons. The number of aromatic amines is 1. The predicted molar refractivity (Wildman–Crippen MR) is 234 cm³/mol. The number of ether oxygens (including phenoxy) is 4. The van der Waals surface area contributed by atoms with Gasteiger partial charge in [-0.15, -0.1) is 0 Å². The van der Waals surface area contributed by atoms with E-state index in [2.05, 4.69) is 39.1 Å². The zero-order valence-corrected chi connectivity index (χ0v) is 37.5. The fraction of sp³-hybridized carbons (Fsp3) is 0.592. The number of allylic oxidation sites excluding steroid dienone is 2. The van der Waals surface area contributed by atoms with Crippen LogP contribution in [0.4, 0.5) is 0 Å². The molecule has 336 valence electrons. The minimum Gasteiger partial charge on any atom is -0.468 e. The first-order valence-electron chi connectivity index (χ1n) is 22.5. The Morgan fingerprint density at radius 2 is 1.81 bits per heavy atom. The van der Waals surface area contributed by atoms with E-state index in [0.29, 0.717) is 71.2 Å². The molecule has 0 amide bonds. The third-order valence-corrected chi connectivity index (χ3v) is 16.5. The molecule has 1 aromatic carbocycles. The smallest absolute Gasteiger partial charge is 0.344 e. The molecular formula is C49H61N5O9. The summed E-state index contributed by atoms with van der Waals surface area (Å²) in [6.45, 7) is 8.48. The Hall–Kier alpha value is -4.78. The summed E-state index contributed by atoms with van der Waals surface area (Å²) < 4.78 is 24.2. The van der Waals surface area contributed by atoms with Crippen molar-refractivity contribution in [2.75, 3.05) is 61.1 Å². The summed E-state index contributed by atoms with van der Waals surface area (Å²) in [7, 11) is 6.19. The second-order valence-electron chi connectivity index (χ2n) is 19.3. The number of hydrogen-bond donors (Lipinski definition) is 3.